The summed E-state index contributed by atoms with van der Waals surface area (Å²) in [4.78, 5) is 11.9. The number of nitrogens with two attached hydrogens (primary N) is 1. The van der Waals surface area contributed by atoms with Crippen molar-refractivity contribution in [2.75, 3.05) is 29.5 Å². The van der Waals surface area contributed by atoms with Crippen LogP contribution in [0.5, 0.6) is 0 Å². The Labute approximate surface area is 139 Å². The highest BCUT2D eigenvalue weighted by Crippen LogP contribution is 2.30. The van der Waals surface area contributed by atoms with E-state index < -0.39 is 0 Å². The van der Waals surface area contributed by atoms with E-state index in [4.69, 9.17) is 5.73 Å². The molecule has 5 nitrogen and oxygen atoms in total. The van der Waals surface area contributed by atoms with E-state index in [9.17, 15) is 0 Å². The van der Waals surface area contributed by atoms with Crippen molar-refractivity contribution in [1.29, 1.82) is 0 Å². The van der Waals surface area contributed by atoms with Gasteiger partial charge in [0, 0.05) is 24.2 Å². The summed E-state index contributed by atoms with van der Waals surface area (Å²) in [5.74, 6) is 1.37. The normalized spacial score (nSPS) is 10.5. The smallest absolute Gasteiger partial charge is 0.161 e. The van der Waals surface area contributed by atoms with Crippen molar-refractivity contribution in [3.8, 4) is 0 Å². The summed E-state index contributed by atoms with van der Waals surface area (Å²) < 4.78 is 0. The highest BCUT2D eigenvalue weighted by atomic mass is 32.1. The minimum Gasteiger partial charge on any atom is -0.393 e. The molecule has 3 rings (SSSR count). The number of nitrogen functional groups attached to an aromatic ring is 1. The Morgan fingerprint density at radius 2 is 1.96 bits per heavy atom. The predicted octanol–water partition coefficient (Wildman–Crippen LogP) is 3.54. The van der Waals surface area contributed by atoms with Crippen LogP contribution in [0.3, 0.4) is 0 Å². The first-order valence-electron chi connectivity index (χ1n) is 7.41. The fourth-order valence-electron chi connectivity index (χ4n) is 2.33. The SMILES string of the molecule is CN(c1ccccc1)c1ncnc(NCCc2cccs2)c1N. The van der Waals surface area contributed by atoms with Crippen LogP contribution in [0, 0.1) is 0 Å². The number of benzene rings is 1. The van der Waals surface area contributed by atoms with Gasteiger partial charge in [-0.3, -0.25) is 0 Å². The number of nitrogens with one attached hydrogen (secondary N) is 1. The third-order valence-electron chi connectivity index (χ3n) is 3.57. The van der Waals surface area contributed by atoms with Crippen molar-refractivity contribution in [3.63, 3.8) is 0 Å². The van der Waals surface area contributed by atoms with Crippen LogP contribution < -0.4 is 16.0 Å². The number of aromatic nitrogens is 2. The third-order valence-corrected chi connectivity index (χ3v) is 4.50. The maximum atomic E-state index is 6.25. The second-order valence-electron chi connectivity index (χ2n) is 5.11. The largest absolute Gasteiger partial charge is 0.393 e. The lowest BCUT2D eigenvalue weighted by Crippen LogP contribution is -2.16. The molecule has 0 radical (unpaired) electrons. The summed E-state index contributed by atoms with van der Waals surface area (Å²) in [5.41, 5.74) is 7.84. The Balaban J connectivity index is 1.73. The highest BCUT2D eigenvalue weighted by molar-refractivity contribution is 7.09. The van der Waals surface area contributed by atoms with E-state index in [0.717, 1.165) is 18.7 Å². The van der Waals surface area contributed by atoms with Gasteiger partial charge in [-0.2, -0.15) is 0 Å². The summed E-state index contributed by atoms with van der Waals surface area (Å²) >= 11 is 1.76. The first-order valence-corrected chi connectivity index (χ1v) is 8.29. The average molecular weight is 325 g/mol. The minimum atomic E-state index is 0.560. The Hall–Kier alpha value is -2.60. The molecule has 0 unspecified atom stereocenters. The molecule has 0 atom stereocenters. The van der Waals surface area contributed by atoms with Gasteiger partial charge >= 0.3 is 0 Å². The quantitative estimate of drug-likeness (QED) is 0.725. The fourth-order valence-corrected chi connectivity index (χ4v) is 3.04. The van der Waals surface area contributed by atoms with Crippen LogP contribution in [0.15, 0.2) is 54.2 Å². The van der Waals surface area contributed by atoms with Gasteiger partial charge in [-0.1, -0.05) is 24.3 Å². The Bertz CT molecular complexity index is 743. The van der Waals surface area contributed by atoms with E-state index in [1.807, 2.05) is 42.3 Å². The standard InChI is InChI=1S/C17H19N5S/c1-22(13-6-3-2-4-7-13)17-15(18)16(20-12-21-17)19-10-9-14-8-5-11-23-14/h2-8,11-12H,9-10,18H2,1H3,(H,19,20,21). The molecule has 1 aromatic carbocycles. The second-order valence-corrected chi connectivity index (χ2v) is 6.14. The predicted molar refractivity (Wildman–Crippen MR) is 97.5 cm³/mol. The number of anilines is 4. The zero-order valence-electron chi connectivity index (χ0n) is 12.9. The maximum Gasteiger partial charge on any atom is 0.161 e. The van der Waals surface area contributed by atoms with Gasteiger partial charge in [0.05, 0.1) is 0 Å². The van der Waals surface area contributed by atoms with Gasteiger partial charge in [0.1, 0.15) is 12.0 Å². The summed E-state index contributed by atoms with van der Waals surface area (Å²) in [6.45, 7) is 0.788. The number of hydrogen-bond donors (Lipinski definition) is 2. The number of thiophene rings is 1. The maximum absolute atomic E-state index is 6.25. The minimum absolute atomic E-state index is 0.560. The number of nitrogens with zero attached hydrogens (tertiary/aromatic N) is 3. The molecule has 2 heterocycles. The molecular formula is C17H19N5S. The summed E-state index contributed by atoms with van der Waals surface area (Å²) in [5, 5.41) is 5.39. The molecule has 23 heavy (non-hydrogen) atoms. The van der Waals surface area contributed by atoms with E-state index in [2.05, 4.69) is 32.8 Å². The molecule has 0 bridgehead atoms. The van der Waals surface area contributed by atoms with Gasteiger partial charge in [0.25, 0.3) is 0 Å². The monoisotopic (exact) mass is 325 g/mol. The van der Waals surface area contributed by atoms with Crippen LogP contribution in [0.2, 0.25) is 0 Å². The topological polar surface area (TPSA) is 67.1 Å². The molecule has 3 aromatic rings. The van der Waals surface area contributed by atoms with E-state index in [-0.39, 0.29) is 0 Å². The van der Waals surface area contributed by atoms with E-state index in [0.29, 0.717) is 17.3 Å². The molecule has 3 N–H and O–H groups in total. The van der Waals surface area contributed by atoms with Gasteiger partial charge in [-0.25, -0.2) is 9.97 Å². The molecule has 2 aromatic heterocycles. The van der Waals surface area contributed by atoms with Crippen molar-refractivity contribution in [2.45, 2.75) is 6.42 Å². The van der Waals surface area contributed by atoms with E-state index in [1.54, 1.807) is 17.7 Å². The molecule has 0 saturated carbocycles. The molecule has 0 aliphatic carbocycles. The first-order chi connectivity index (χ1) is 11.3. The zero-order chi connectivity index (χ0) is 16.1. The Morgan fingerprint density at radius 1 is 1.13 bits per heavy atom. The van der Waals surface area contributed by atoms with Crippen LogP contribution in [-0.2, 0) is 6.42 Å². The molecule has 0 spiro atoms. The lowest BCUT2D eigenvalue weighted by Gasteiger charge is -2.21. The Morgan fingerprint density at radius 3 is 2.70 bits per heavy atom. The zero-order valence-corrected chi connectivity index (χ0v) is 13.8. The van der Waals surface area contributed by atoms with Gasteiger partial charge in [-0.15, -0.1) is 11.3 Å². The molecule has 0 aliphatic rings. The van der Waals surface area contributed by atoms with Crippen LogP contribution in [0.25, 0.3) is 0 Å². The molecule has 6 heteroatoms. The molecule has 118 valence electrons. The Kier molecular flexibility index (Phi) is 4.73. The lowest BCUT2D eigenvalue weighted by molar-refractivity contribution is 1.01. The van der Waals surface area contributed by atoms with Crippen LogP contribution in [-0.4, -0.2) is 23.6 Å². The van der Waals surface area contributed by atoms with Crippen molar-refractivity contribution in [1.82, 2.24) is 9.97 Å². The van der Waals surface area contributed by atoms with E-state index >= 15 is 0 Å². The van der Waals surface area contributed by atoms with Crippen molar-refractivity contribution in [3.05, 3.63) is 59.0 Å². The van der Waals surface area contributed by atoms with Crippen molar-refractivity contribution in [2.24, 2.45) is 0 Å². The summed E-state index contributed by atoms with van der Waals surface area (Å²) in [6.07, 6.45) is 2.49. The average Bonchev–Trinajstić information content (AvgIpc) is 3.10. The molecule has 0 fully saturated rings. The van der Waals surface area contributed by atoms with Gasteiger partial charge < -0.3 is 16.0 Å². The van der Waals surface area contributed by atoms with Gasteiger partial charge in [0.15, 0.2) is 11.6 Å². The molecule has 0 saturated heterocycles. The van der Waals surface area contributed by atoms with Gasteiger partial charge in [-0.05, 0) is 30.0 Å². The number of hydrogen-bond acceptors (Lipinski definition) is 6. The highest BCUT2D eigenvalue weighted by Gasteiger charge is 2.13. The van der Waals surface area contributed by atoms with E-state index in [1.165, 1.54) is 4.88 Å². The molecule has 0 aliphatic heterocycles. The van der Waals surface area contributed by atoms with Crippen molar-refractivity contribution < 1.29 is 0 Å². The van der Waals surface area contributed by atoms with Crippen LogP contribution in [0.1, 0.15) is 4.88 Å². The van der Waals surface area contributed by atoms with Crippen molar-refractivity contribution >= 4 is 34.3 Å². The molecule has 0 amide bonds. The first kappa shape index (κ1) is 15.3. The summed E-state index contributed by atoms with van der Waals surface area (Å²) in [7, 11) is 1.95. The lowest BCUT2D eigenvalue weighted by atomic mass is 10.3. The second kappa shape index (κ2) is 7.11. The van der Waals surface area contributed by atoms with Crippen LogP contribution >= 0.6 is 11.3 Å². The summed E-state index contributed by atoms with van der Waals surface area (Å²) in [6, 6.07) is 14.2. The molecular weight excluding hydrogens is 306 g/mol. The number of para-hydroxylation sites is 1. The van der Waals surface area contributed by atoms with Crippen LogP contribution in [0.4, 0.5) is 23.0 Å². The fraction of sp³-hybridized carbons (Fsp3) is 0.176. The number of rotatable bonds is 6. The van der Waals surface area contributed by atoms with Gasteiger partial charge in [0.2, 0.25) is 0 Å². The third kappa shape index (κ3) is 3.60.